The van der Waals surface area contributed by atoms with Crippen molar-refractivity contribution in [2.75, 3.05) is 25.5 Å². The molecule has 0 spiro atoms. The number of anilines is 1. The molecule has 2 rings (SSSR count). The first-order valence-electron chi connectivity index (χ1n) is 8.12. The average Bonchev–Trinajstić information content (AvgIpc) is 2.57. The fourth-order valence-corrected chi connectivity index (χ4v) is 2.65. The Balaban J connectivity index is 1.78. The average molecular weight is 394 g/mol. The van der Waals surface area contributed by atoms with Gasteiger partial charge in [-0.2, -0.15) is 0 Å². The molecule has 5 nitrogen and oxygen atoms in total. The lowest BCUT2D eigenvalue weighted by molar-refractivity contribution is -0.123. The molecule has 2 amide bonds. The second-order valence-corrected chi connectivity index (χ2v) is 6.94. The summed E-state index contributed by atoms with van der Waals surface area (Å²) in [6.07, 6.45) is 0. The number of hydrogen-bond donors (Lipinski definition) is 2. The number of likely N-dealkylation sites (N-methyl/N-ethyl adjacent to an activating group) is 1. The molecule has 7 heteroatoms. The molecular weight excluding hydrogens is 373 g/mol. The summed E-state index contributed by atoms with van der Waals surface area (Å²) in [4.78, 5) is 25.8. The van der Waals surface area contributed by atoms with E-state index in [0.29, 0.717) is 15.7 Å². The van der Waals surface area contributed by atoms with Crippen LogP contribution in [-0.2, 0) is 9.59 Å². The van der Waals surface area contributed by atoms with Gasteiger partial charge in [0.1, 0.15) is 0 Å². The molecule has 26 heavy (non-hydrogen) atoms. The maximum Gasteiger partial charge on any atom is 0.238 e. The maximum atomic E-state index is 12.2. The van der Waals surface area contributed by atoms with E-state index in [4.69, 9.17) is 23.2 Å². The van der Waals surface area contributed by atoms with Crippen molar-refractivity contribution in [3.05, 3.63) is 64.1 Å². The van der Waals surface area contributed by atoms with E-state index in [1.807, 2.05) is 19.1 Å². The Labute approximate surface area is 163 Å². The normalized spacial score (nSPS) is 11.9. The van der Waals surface area contributed by atoms with E-state index in [1.165, 1.54) is 0 Å². The van der Waals surface area contributed by atoms with E-state index in [9.17, 15) is 9.59 Å². The molecule has 1 atom stereocenters. The third-order valence-corrected chi connectivity index (χ3v) is 4.21. The standard InChI is InChI=1S/C19H21Cl2N3O2/c1-13(14-3-5-15(20)6-4-14)22-18(25)11-24(2)12-19(26)23-17-9-7-16(21)8-10-17/h3-10,13H,11-12H2,1-2H3,(H,22,25)(H,23,26)/t13-/m0/s1. The summed E-state index contributed by atoms with van der Waals surface area (Å²) in [6, 6.07) is 14.0. The van der Waals surface area contributed by atoms with E-state index in [1.54, 1.807) is 48.3 Å². The largest absolute Gasteiger partial charge is 0.348 e. The van der Waals surface area contributed by atoms with Crippen LogP contribution in [0.5, 0.6) is 0 Å². The van der Waals surface area contributed by atoms with Crippen LogP contribution in [0.25, 0.3) is 0 Å². The van der Waals surface area contributed by atoms with E-state index >= 15 is 0 Å². The van der Waals surface area contributed by atoms with Gasteiger partial charge in [0, 0.05) is 15.7 Å². The zero-order valence-corrected chi connectivity index (χ0v) is 16.1. The van der Waals surface area contributed by atoms with Gasteiger partial charge in [-0.1, -0.05) is 35.3 Å². The van der Waals surface area contributed by atoms with Gasteiger partial charge >= 0.3 is 0 Å². The number of amides is 2. The van der Waals surface area contributed by atoms with Crippen molar-refractivity contribution in [2.24, 2.45) is 0 Å². The smallest absolute Gasteiger partial charge is 0.238 e. The molecule has 2 aromatic carbocycles. The van der Waals surface area contributed by atoms with E-state index in [2.05, 4.69) is 10.6 Å². The molecule has 2 N–H and O–H groups in total. The topological polar surface area (TPSA) is 61.4 Å². The van der Waals surface area contributed by atoms with E-state index < -0.39 is 0 Å². The van der Waals surface area contributed by atoms with Crippen LogP contribution in [0, 0.1) is 0 Å². The molecule has 0 saturated heterocycles. The highest BCUT2D eigenvalue weighted by Crippen LogP contribution is 2.16. The molecule has 2 aromatic rings. The molecule has 0 aromatic heterocycles. The summed E-state index contributed by atoms with van der Waals surface area (Å²) >= 11 is 11.7. The zero-order valence-electron chi connectivity index (χ0n) is 14.6. The molecule has 0 unspecified atom stereocenters. The number of nitrogens with one attached hydrogen (secondary N) is 2. The molecule has 0 aliphatic carbocycles. The molecule has 0 heterocycles. The number of hydrogen-bond acceptors (Lipinski definition) is 3. The molecule has 0 radical (unpaired) electrons. The summed E-state index contributed by atoms with van der Waals surface area (Å²) in [5.41, 5.74) is 1.62. The fourth-order valence-electron chi connectivity index (χ4n) is 2.40. The number of carbonyl (C=O) groups excluding carboxylic acids is 2. The SMILES string of the molecule is C[C@H](NC(=O)CN(C)CC(=O)Nc1ccc(Cl)cc1)c1ccc(Cl)cc1. The number of nitrogens with zero attached hydrogens (tertiary/aromatic N) is 1. The molecule has 0 aliphatic rings. The molecule has 0 aliphatic heterocycles. The van der Waals surface area contributed by atoms with Crippen molar-refractivity contribution >= 4 is 40.7 Å². The highest BCUT2D eigenvalue weighted by atomic mass is 35.5. The Morgan fingerprint density at radius 1 is 0.923 bits per heavy atom. The molecular formula is C19H21Cl2N3O2. The lowest BCUT2D eigenvalue weighted by Gasteiger charge is -2.19. The van der Waals surface area contributed by atoms with Gasteiger partial charge in [-0.05, 0) is 55.9 Å². The van der Waals surface area contributed by atoms with Crippen LogP contribution < -0.4 is 10.6 Å². The Morgan fingerprint density at radius 2 is 1.42 bits per heavy atom. The first-order valence-corrected chi connectivity index (χ1v) is 8.88. The van der Waals surface area contributed by atoms with Gasteiger partial charge in [0.25, 0.3) is 0 Å². The Hall–Kier alpha value is -2.08. The monoisotopic (exact) mass is 393 g/mol. The molecule has 0 bridgehead atoms. The van der Waals surface area contributed by atoms with Crippen molar-refractivity contribution in [1.82, 2.24) is 10.2 Å². The first-order chi connectivity index (χ1) is 12.3. The Kier molecular flexibility index (Phi) is 7.45. The number of carbonyl (C=O) groups is 2. The predicted octanol–water partition coefficient (Wildman–Crippen LogP) is 3.74. The minimum Gasteiger partial charge on any atom is -0.348 e. The second-order valence-electron chi connectivity index (χ2n) is 6.07. The van der Waals surface area contributed by atoms with Gasteiger partial charge < -0.3 is 10.6 Å². The highest BCUT2D eigenvalue weighted by molar-refractivity contribution is 6.30. The van der Waals surface area contributed by atoms with Crippen molar-refractivity contribution in [3.8, 4) is 0 Å². The van der Waals surface area contributed by atoms with E-state index in [-0.39, 0.29) is 30.9 Å². The highest BCUT2D eigenvalue weighted by Gasteiger charge is 2.14. The number of halogens is 2. The van der Waals surface area contributed by atoms with Crippen LogP contribution in [-0.4, -0.2) is 36.9 Å². The van der Waals surface area contributed by atoms with Crippen LogP contribution in [0.15, 0.2) is 48.5 Å². The van der Waals surface area contributed by atoms with Gasteiger partial charge in [-0.15, -0.1) is 0 Å². The van der Waals surface area contributed by atoms with Gasteiger partial charge in [-0.3, -0.25) is 14.5 Å². The lowest BCUT2D eigenvalue weighted by Crippen LogP contribution is -2.39. The molecule has 0 saturated carbocycles. The van der Waals surface area contributed by atoms with Gasteiger partial charge in [-0.25, -0.2) is 0 Å². The minimum absolute atomic E-state index is 0.103. The van der Waals surface area contributed by atoms with Crippen LogP contribution in [0.4, 0.5) is 5.69 Å². The molecule has 138 valence electrons. The van der Waals surface area contributed by atoms with Gasteiger partial charge in [0.15, 0.2) is 0 Å². The third kappa shape index (κ3) is 6.67. The van der Waals surface area contributed by atoms with Crippen LogP contribution >= 0.6 is 23.2 Å². The van der Waals surface area contributed by atoms with Crippen LogP contribution in [0.3, 0.4) is 0 Å². The van der Waals surface area contributed by atoms with Crippen molar-refractivity contribution in [1.29, 1.82) is 0 Å². The summed E-state index contributed by atoms with van der Waals surface area (Å²) < 4.78 is 0. The lowest BCUT2D eigenvalue weighted by atomic mass is 10.1. The summed E-state index contributed by atoms with van der Waals surface area (Å²) in [5, 5.41) is 6.92. The van der Waals surface area contributed by atoms with Gasteiger partial charge in [0.05, 0.1) is 19.1 Å². The number of benzene rings is 2. The van der Waals surface area contributed by atoms with Gasteiger partial charge in [0.2, 0.25) is 11.8 Å². The molecule has 0 fully saturated rings. The van der Waals surface area contributed by atoms with Crippen LogP contribution in [0.2, 0.25) is 10.0 Å². The quantitative estimate of drug-likeness (QED) is 0.752. The first kappa shape index (κ1) is 20.2. The minimum atomic E-state index is -0.201. The zero-order chi connectivity index (χ0) is 19.1. The Morgan fingerprint density at radius 3 is 2.00 bits per heavy atom. The van der Waals surface area contributed by atoms with E-state index in [0.717, 1.165) is 5.56 Å². The summed E-state index contributed by atoms with van der Waals surface area (Å²) in [6.45, 7) is 2.12. The number of rotatable bonds is 7. The fraction of sp³-hybridized carbons (Fsp3) is 0.263. The summed E-state index contributed by atoms with van der Waals surface area (Å²) in [5.74, 6) is -0.359. The van der Waals surface area contributed by atoms with Crippen molar-refractivity contribution < 1.29 is 9.59 Å². The maximum absolute atomic E-state index is 12.2. The van der Waals surface area contributed by atoms with Crippen molar-refractivity contribution in [3.63, 3.8) is 0 Å². The second kappa shape index (κ2) is 9.57. The summed E-state index contributed by atoms with van der Waals surface area (Å²) in [7, 11) is 1.72. The predicted molar refractivity (Wildman–Crippen MR) is 106 cm³/mol. The van der Waals surface area contributed by atoms with Crippen molar-refractivity contribution in [2.45, 2.75) is 13.0 Å². The Bertz CT molecular complexity index is 748. The van der Waals surface area contributed by atoms with Crippen LogP contribution in [0.1, 0.15) is 18.5 Å². The third-order valence-electron chi connectivity index (χ3n) is 3.70.